The Labute approximate surface area is 413 Å². The van der Waals surface area contributed by atoms with Crippen molar-refractivity contribution in [3.63, 3.8) is 0 Å². The van der Waals surface area contributed by atoms with Crippen LogP contribution >= 0.6 is 22.9 Å². The number of ether oxygens (including phenoxy) is 2. The Morgan fingerprint density at radius 2 is 1.72 bits per heavy atom. The molecule has 2 fully saturated rings. The monoisotopic (exact) mass is 985 g/mol. The fourth-order valence-corrected chi connectivity index (χ4v) is 10.8. The summed E-state index contributed by atoms with van der Waals surface area (Å²) in [5.74, 6) is -1.96. The molecule has 2 heterocycles. The molecule has 6 rings (SSSR count). The van der Waals surface area contributed by atoms with Crippen LogP contribution in [0.4, 0.5) is 10.1 Å². The summed E-state index contributed by atoms with van der Waals surface area (Å²) in [7, 11) is 0. The van der Waals surface area contributed by atoms with Crippen LogP contribution < -0.4 is 26.0 Å². The first-order valence-electron chi connectivity index (χ1n) is 23.4. The Morgan fingerprint density at radius 3 is 2.35 bits per heavy atom. The molecule has 0 bridgehead atoms. The zero-order valence-electron chi connectivity index (χ0n) is 40.9. The number of aliphatic hydroxyl groups is 1. The summed E-state index contributed by atoms with van der Waals surface area (Å²) in [4.78, 5) is 60.9. The van der Waals surface area contributed by atoms with Crippen molar-refractivity contribution >= 4 is 52.3 Å². The Morgan fingerprint density at radius 1 is 1.01 bits per heavy atom. The van der Waals surface area contributed by atoms with E-state index >= 15 is 4.39 Å². The number of carbonyl (C=O) groups is 4. The van der Waals surface area contributed by atoms with Crippen LogP contribution in [0.5, 0.6) is 5.75 Å². The van der Waals surface area contributed by atoms with E-state index in [4.69, 9.17) is 21.1 Å². The largest absolute Gasteiger partial charge is 0.489 e. The molecule has 0 spiro atoms. The highest BCUT2D eigenvalue weighted by Gasteiger charge is 2.64. The highest BCUT2D eigenvalue weighted by Crippen LogP contribution is 2.55. The number of nitrogens with zero attached hydrogens (tertiary/aromatic N) is 3. The Hall–Kier alpha value is -5.60. The standard InChI is InChI=1S/C52H65ClFN7O7S/c1-30(32-13-15-33(16-14-32)43-31(2)57-29-69-43)58-46(65)41-24-36(62)27-61(41)47(66)44(50(3,4)5)59-42(63)28-67-22-12-10-11-21-56-35-18-20-38(40(54)23-35)45(64)60-48-51(6,7)49(52(48,8)9)68-37-19-17-34(26-55)39(53)25-37/h13-20,23,25,29-30,36,41,44,48-49,56,62H,10-12,21-22,24,27-28H2,1-9H3,(H,58,65)(H,59,63)(H,60,64)/t30-,36+,41-,44+,48?,49?/m0/s1. The minimum Gasteiger partial charge on any atom is -0.489 e. The third-order valence-corrected chi connectivity index (χ3v) is 14.5. The molecular weight excluding hydrogens is 921 g/mol. The number of nitrogens with one attached hydrogen (secondary N) is 4. The summed E-state index contributed by atoms with van der Waals surface area (Å²) in [5, 5.41) is 32.2. The molecule has 17 heteroatoms. The van der Waals surface area contributed by atoms with Crippen LogP contribution in [0.15, 0.2) is 66.2 Å². The molecule has 4 atom stereocenters. The fraction of sp³-hybridized carbons (Fsp3) is 0.500. The number of aryl methyl sites for hydroxylation is 1. The third kappa shape index (κ3) is 12.4. The van der Waals surface area contributed by atoms with Crippen molar-refractivity contribution in [3.05, 3.63) is 99.4 Å². The maximum Gasteiger partial charge on any atom is 0.254 e. The molecule has 4 amide bonds. The van der Waals surface area contributed by atoms with Gasteiger partial charge in [0, 0.05) is 54.7 Å². The molecule has 1 aliphatic heterocycles. The maximum atomic E-state index is 15.3. The Bertz CT molecular complexity index is 2520. The first kappa shape index (κ1) is 52.8. The summed E-state index contributed by atoms with van der Waals surface area (Å²) in [6, 6.07) is 16.7. The second-order valence-electron chi connectivity index (χ2n) is 20.4. The molecule has 4 aromatic rings. The maximum absolute atomic E-state index is 15.3. The van der Waals surface area contributed by atoms with Gasteiger partial charge >= 0.3 is 0 Å². The first-order valence-corrected chi connectivity index (χ1v) is 24.7. The fourth-order valence-electron chi connectivity index (χ4n) is 9.74. The van der Waals surface area contributed by atoms with E-state index in [9.17, 15) is 29.5 Å². The number of unbranched alkanes of at least 4 members (excludes halogenated alkanes) is 2. The lowest BCUT2D eigenvalue weighted by Gasteiger charge is -2.63. The van der Waals surface area contributed by atoms with Crippen molar-refractivity contribution in [1.29, 1.82) is 5.26 Å². The molecule has 1 saturated heterocycles. The van der Waals surface area contributed by atoms with Crippen LogP contribution in [0.3, 0.4) is 0 Å². The van der Waals surface area contributed by atoms with E-state index in [0.717, 1.165) is 34.5 Å². The number of halogens is 2. The number of anilines is 1. The van der Waals surface area contributed by atoms with Crippen molar-refractivity contribution in [3.8, 4) is 22.3 Å². The Balaban J connectivity index is 0.901. The molecule has 14 nitrogen and oxygen atoms in total. The second kappa shape index (κ2) is 22.0. The first-order chi connectivity index (χ1) is 32.5. The lowest BCUT2D eigenvalue weighted by molar-refractivity contribution is -0.164. The summed E-state index contributed by atoms with van der Waals surface area (Å²) in [5.41, 5.74) is 3.78. The normalized spacial score (nSPS) is 20.2. The SMILES string of the molecule is Cc1ncsc1-c1ccc([C@H](C)NC(=O)[C@@H]2C[C@@H](O)CN2C(=O)[C@@H](NC(=O)COCCCCCNc2ccc(C(=O)NC3C(C)(C)C(Oc4ccc(C#N)c(Cl)c4)C3(C)C)c(F)c2)C(C)(C)C)cc1. The van der Waals surface area contributed by atoms with Crippen LogP contribution in [0.2, 0.25) is 5.02 Å². The Kier molecular flexibility index (Phi) is 16.8. The molecule has 2 aliphatic rings. The van der Waals surface area contributed by atoms with Crippen LogP contribution in [0.1, 0.15) is 114 Å². The number of rotatable bonds is 19. The van der Waals surface area contributed by atoms with Gasteiger partial charge in [-0.05, 0) is 80.0 Å². The zero-order chi connectivity index (χ0) is 50.4. The lowest BCUT2D eigenvalue weighted by atomic mass is 9.49. The van der Waals surface area contributed by atoms with Crippen molar-refractivity contribution in [2.75, 3.05) is 31.6 Å². The van der Waals surface area contributed by atoms with Crippen molar-refractivity contribution in [2.24, 2.45) is 16.2 Å². The van der Waals surface area contributed by atoms with E-state index in [1.807, 2.05) is 98.2 Å². The number of hydrogen-bond acceptors (Lipinski definition) is 11. The van der Waals surface area contributed by atoms with E-state index in [2.05, 4.69) is 26.3 Å². The smallest absolute Gasteiger partial charge is 0.254 e. The van der Waals surface area contributed by atoms with Gasteiger partial charge in [0.1, 0.15) is 42.4 Å². The summed E-state index contributed by atoms with van der Waals surface area (Å²) in [6.45, 7) is 17.8. The highest BCUT2D eigenvalue weighted by molar-refractivity contribution is 7.13. The van der Waals surface area contributed by atoms with Gasteiger partial charge in [-0.3, -0.25) is 19.2 Å². The second-order valence-corrected chi connectivity index (χ2v) is 21.7. The van der Waals surface area contributed by atoms with E-state index in [1.54, 1.807) is 35.6 Å². The number of nitriles is 1. The number of hydrogen-bond donors (Lipinski definition) is 5. The van der Waals surface area contributed by atoms with Gasteiger partial charge in [-0.1, -0.05) is 84.3 Å². The molecule has 3 aromatic carbocycles. The molecule has 69 heavy (non-hydrogen) atoms. The van der Waals surface area contributed by atoms with E-state index in [-0.39, 0.29) is 49.2 Å². The van der Waals surface area contributed by atoms with Crippen LogP contribution in [0.25, 0.3) is 10.4 Å². The number of aromatic nitrogens is 1. The van der Waals surface area contributed by atoms with Crippen molar-refractivity contribution in [1.82, 2.24) is 25.8 Å². The molecule has 0 unspecified atom stereocenters. The molecule has 1 aliphatic carbocycles. The van der Waals surface area contributed by atoms with Crippen LogP contribution in [-0.2, 0) is 19.1 Å². The van der Waals surface area contributed by atoms with Gasteiger partial charge in [0.2, 0.25) is 17.7 Å². The number of likely N-dealkylation sites (tertiary alicyclic amines) is 1. The number of β-amino-alcohol motifs (C(OH)–C–C–N with tert-alkyl or cyclic N) is 1. The minimum atomic E-state index is -0.980. The lowest BCUT2D eigenvalue weighted by Crippen LogP contribution is -2.74. The zero-order valence-corrected chi connectivity index (χ0v) is 42.4. The molecule has 1 saturated carbocycles. The summed E-state index contributed by atoms with van der Waals surface area (Å²) >= 11 is 7.78. The number of carbonyl (C=O) groups excluding carboxylic acids is 4. The van der Waals surface area contributed by atoms with Gasteiger partial charge in [0.15, 0.2) is 0 Å². The predicted molar refractivity (Wildman–Crippen MR) is 265 cm³/mol. The average Bonchev–Trinajstić information content (AvgIpc) is 3.91. The minimum absolute atomic E-state index is 0.0324. The molecule has 1 aromatic heterocycles. The number of benzene rings is 3. The van der Waals surface area contributed by atoms with E-state index in [0.29, 0.717) is 41.6 Å². The van der Waals surface area contributed by atoms with Gasteiger partial charge in [0.25, 0.3) is 5.91 Å². The van der Waals surface area contributed by atoms with Crippen LogP contribution in [0, 0.1) is 40.3 Å². The van der Waals surface area contributed by atoms with Crippen molar-refractivity contribution < 1.29 is 38.1 Å². The topological polar surface area (TPSA) is 195 Å². The highest BCUT2D eigenvalue weighted by atomic mass is 35.5. The van der Waals surface area contributed by atoms with Gasteiger partial charge in [0.05, 0.1) is 44.4 Å². The third-order valence-electron chi connectivity index (χ3n) is 13.2. The van der Waals surface area contributed by atoms with Crippen LogP contribution in [-0.4, -0.2) is 95.3 Å². The summed E-state index contributed by atoms with van der Waals surface area (Å²) < 4.78 is 27.3. The quantitative estimate of drug-likeness (QED) is 0.0570. The average molecular weight is 987 g/mol. The number of amides is 4. The van der Waals surface area contributed by atoms with Crippen molar-refractivity contribution in [2.45, 2.75) is 124 Å². The molecular formula is C52H65ClFN7O7S. The molecule has 5 N–H and O–H groups in total. The van der Waals surface area contributed by atoms with Gasteiger partial charge in [-0.2, -0.15) is 5.26 Å². The predicted octanol–water partition coefficient (Wildman–Crippen LogP) is 8.36. The molecule has 0 radical (unpaired) electrons. The van der Waals surface area contributed by atoms with E-state index < -0.39 is 58.0 Å². The number of thiazole rings is 1. The van der Waals surface area contributed by atoms with Gasteiger partial charge < -0.3 is 40.7 Å². The summed E-state index contributed by atoms with van der Waals surface area (Å²) in [6.07, 6.45) is 1.03. The molecule has 370 valence electrons. The van der Waals surface area contributed by atoms with Gasteiger partial charge in [-0.25, -0.2) is 9.37 Å². The van der Waals surface area contributed by atoms with Gasteiger partial charge in [-0.15, -0.1) is 11.3 Å². The van der Waals surface area contributed by atoms with E-state index in [1.165, 1.54) is 17.0 Å². The number of aliphatic hydroxyl groups excluding tert-OH is 1.